The second-order valence-electron chi connectivity index (χ2n) is 8.98. The predicted octanol–water partition coefficient (Wildman–Crippen LogP) is 7.75. The summed E-state index contributed by atoms with van der Waals surface area (Å²) in [5, 5.41) is 9.92. The van der Waals surface area contributed by atoms with E-state index < -0.39 is 0 Å². The fourth-order valence-electron chi connectivity index (χ4n) is 3.45. The third-order valence-corrected chi connectivity index (χ3v) is 5.41. The number of aliphatic hydroxyl groups excluding tert-OH is 1. The third kappa shape index (κ3) is 23.3. The van der Waals surface area contributed by atoms with Crippen LogP contribution in [0.5, 0.6) is 0 Å². The molecule has 0 heterocycles. The van der Waals surface area contributed by atoms with Gasteiger partial charge in [-0.15, -0.1) is 0 Å². The van der Waals surface area contributed by atoms with Crippen LogP contribution < -0.4 is 0 Å². The molecule has 0 amide bonds. The van der Waals surface area contributed by atoms with E-state index in [-0.39, 0.29) is 12.1 Å². The molecule has 0 aliphatic rings. The lowest BCUT2D eigenvalue weighted by Gasteiger charge is -2.07. The zero-order valence-electron chi connectivity index (χ0n) is 19.8. The summed E-state index contributed by atoms with van der Waals surface area (Å²) < 4.78 is 5.31. The lowest BCUT2D eigenvalue weighted by atomic mass is 10.1. The van der Waals surface area contributed by atoms with Crippen molar-refractivity contribution in [3.8, 4) is 0 Å². The molecule has 0 radical (unpaired) electrons. The Bertz CT molecular complexity index is 376. The van der Waals surface area contributed by atoms with Gasteiger partial charge in [-0.1, -0.05) is 97.1 Å². The Hall–Kier alpha value is -0.830. The summed E-state index contributed by atoms with van der Waals surface area (Å²) in [5.74, 6) is 0.747. The monoisotopic (exact) mass is 410 g/mol. The van der Waals surface area contributed by atoms with Gasteiger partial charge in [0.05, 0.1) is 12.7 Å². The largest absolute Gasteiger partial charge is 0.466 e. The number of carbonyl (C=O) groups excluding carboxylic acids is 1. The summed E-state index contributed by atoms with van der Waals surface area (Å²) in [6.45, 7) is 7.31. The molecule has 1 atom stereocenters. The normalized spacial score (nSPS) is 12.7. The second kappa shape index (κ2) is 21.9. The van der Waals surface area contributed by atoms with Gasteiger partial charge in [-0.3, -0.25) is 4.79 Å². The summed E-state index contributed by atoms with van der Waals surface area (Å²) in [7, 11) is 0. The summed E-state index contributed by atoms with van der Waals surface area (Å²) >= 11 is 0. The van der Waals surface area contributed by atoms with Crippen LogP contribution in [-0.4, -0.2) is 23.8 Å². The van der Waals surface area contributed by atoms with Crippen molar-refractivity contribution >= 4 is 5.97 Å². The van der Waals surface area contributed by atoms with Crippen molar-refractivity contribution in [1.82, 2.24) is 0 Å². The zero-order chi connectivity index (χ0) is 21.6. The van der Waals surface area contributed by atoms with Crippen molar-refractivity contribution in [2.75, 3.05) is 6.61 Å². The fourth-order valence-corrected chi connectivity index (χ4v) is 3.45. The van der Waals surface area contributed by atoms with E-state index >= 15 is 0 Å². The van der Waals surface area contributed by atoms with Crippen LogP contribution in [0.4, 0.5) is 0 Å². The van der Waals surface area contributed by atoms with Gasteiger partial charge in [0.25, 0.3) is 0 Å². The Kier molecular flexibility index (Phi) is 21.2. The van der Waals surface area contributed by atoms with E-state index in [9.17, 15) is 9.90 Å². The second-order valence-corrected chi connectivity index (χ2v) is 8.98. The molecule has 0 saturated heterocycles. The van der Waals surface area contributed by atoms with Gasteiger partial charge in [-0.2, -0.15) is 0 Å². The zero-order valence-corrected chi connectivity index (χ0v) is 19.8. The average molecular weight is 411 g/mol. The van der Waals surface area contributed by atoms with Gasteiger partial charge in [0.1, 0.15) is 0 Å². The minimum Gasteiger partial charge on any atom is -0.466 e. The molecule has 0 saturated carbocycles. The van der Waals surface area contributed by atoms with E-state index in [1.54, 1.807) is 0 Å². The van der Waals surface area contributed by atoms with Crippen molar-refractivity contribution in [2.24, 2.45) is 5.92 Å². The topological polar surface area (TPSA) is 46.5 Å². The number of rotatable bonds is 21. The first-order valence-electron chi connectivity index (χ1n) is 12.5. The Balaban J connectivity index is 3.32. The van der Waals surface area contributed by atoms with E-state index in [1.807, 2.05) is 0 Å². The SMILES string of the molecule is CCCCCC[C@@H](O)C/C=C\CCCCCCCC(=O)OCCCCCC(C)C. The van der Waals surface area contributed by atoms with Crippen LogP contribution in [0.15, 0.2) is 12.2 Å². The quantitative estimate of drug-likeness (QED) is 0.119. The summed E-state index contributed by atoms with van der Waals surface area (Å²) in [6.07, 6.45) is 22.9. The molecule has 1 N–H and O–H groups in total. The molecule has 0 fully saturated rings. The molecule has 0 aliphatic carbocycles. The third-order valence-electron chi connectivity index (χ3n) is 5.41. The minimum absolute atomic E-state index is 0.0231. The number of carbonyl (C=O) groups is 1. The highest BCUT2D eigenvalue weighted by Crippen LogP contribution is 2.11. The van der Waals surface area contributed by atoms with Crippen molar-refractivity contribution in [1.29, 1.82) is 0 Å². The van der Waals surface area contributed by atoms with E-state index in [0.29, 0.717) is 13.0 Å². The Labute approximate surface area is 181 Å². The number of ether oxygens (including phenoxy) is 1. The van der Waals surface area contributed by atoms with E-state index in [4.69, 9.17) is 4.74 Å². The van der Waals surface area contributed by atoms with E-state index in [0.717, 1.165) is 57.3 Å². The molecular formula is C26H50O3. The molecule has 29 heavy (non-hydrogen) atoms. The number of aliphatic hydroxyl groups is 1. The maximum atomic E-state index is 11.7. The first-order chi connectivity index (χ1) is 14.1. The van der Waals surface area contributed by atoms with Crippen LogP contribution in [-0.2, 0) is 9.53 Å². The lowest BCUT2D eigenvalue weighted by Crippen LogP contribution is -2.05. The average Bonchev–Trinajstić information content (AvgIpc) is 2.69. The molecule has 0 aromatic rings. The predicted molar refractivity (Wildman–Crippen MR) is 125 cm³/mol. The van der Waals surface area contributed by atoms with Gasteiger partial charge in [-0.25, -0.2) is 0 Å². The molecule has 0 unspecified atom stereocenters. The highest BCUT2D eigenvalue weighted by Gasteiger charge is 2.03. The summed E-state index contributed by atoms with van der Waals surface area (Å²) in [5.41, 5.74) is 0. The highest BCUT2D eigenvalue weighted by atomic mass is 16.5. The number of allylic oxidation sites excluding steroid dienone is 1. The van der Waals surface area contributed by atoms with E-state index in [1.165, 1.54) is 51.4 Å². The molecule has 0 aromatic heterocycles. The number of hydrogen-bond donors (Lipinski definition) is 1. The molecule has 0 bridgehead atoms. The van der Waals surface area contributed by atoms with Crippen molar-refractivity contribution < 1.29 is 14.6 Å². The highest BCUT2D eigenvalue weighted by molar-refractivity contribution is 5.69. The molecule has 3 heteroatoms. The molecule has 0 aliphatic heterocycles. The van der Waals surface area contributed by atoms with Crippen molar-refractivity contribution in [3.63, 3.8) is 0 Å². The summed E-state index contributed by atoms with van der Waals surface area (Å²) in [4.78, 5) is 11.7. The van der Waals surface area contributed by atoms with Crippen molar-refractivity contribution in [3.05, 3.63) is 12.2 Å². The van der Waals surface area contributed by atoms with E-state index in [2.05, 4.69) is 32.9 Å². The first kappa shape index (κ1) is 28.2. The fraction of sp³-hybridized carbons (Fsp3) is 0.885. The van der Waals surface area contributed by atoms with Gasteiger partial charge < -0.3 is 9.84 Å². The lowest BCUT2D eigenvalue weighted by molar-refractivity contribution is -0.143. The molecule has 3 nitrogen and oxygen atoms in total. The van der Waals surface area contributed by atoms with Crippen LogP contribution in [0, 0.1) is 5.92 Å². The van der Waals surface area contributed by atoms with Gasteiger partial charge in [0.2, 0.25) is 0 Å². The van der Waals surface area contributed by atoms with Crippen molar-refractivity contribution in [2.45, 2.75) is 136 Å². The summed E-state index contributed by atoms with van der Waals surface area (Å²) in [6, 6.07) is 0. The van der Waals surface area contributed by atoms with Crippen LogP contribution >= 0.6 is 0 Å². The van der Waals surface area contributed by atoms with Crippen LogP contribution in [0.3, 0.4) is 0 Å². The van der Waals surface area contributed by atoms with Crippen LogP contribution in [0.25, 0.3) is 0 Å². The number of esters is 1. The molecule has 0 spiro atoms. The number of hydrogen-bond acceptors (Lipinski definition) is 3. The van der Waals surface area contributed by atoms with Gasteiger partial charge in [0, 0.05) is 6.42 Å². The Morgan fingerprint density at radius 2 is 1.48 bits per heavy atom. The maximum Gasteiger partial charge on any atom is 0.305 e. The molecule has 0 rings (SSSR count). The smallest absolute Gasteiger partial charge is 0.305 e. The number of unbranched alkanes of at least 4 members (excludes halogenated alkanes) is 10. The van der Waals surface area contributed by atoms with Gasteiger partial charge in [-0.05, 0) is 44.4 Å². The molecule has 0 aromatic carbocycles. The van der Waals surface area contributed by atoms with Gasteiger partial charge in [0.15, 0.2) is 0 Å². The molecule has 172 valence electrons. The Morgan fingerprint density at radius 1 is 0.828 bits per heavy atom. The Morgan fingerprint density at radius 3 is 2.24 bits per heavy atom. The molecular weight excluding hydrogens is 360 g/mol. The van der Waals surface area contributed by atoms with Crippen LogP contribution in [0.2, 0.25) is 0 Å². The standard InChI is InChI=1S/C26H50O3/c1-4-5-6-15-20-25(27)21-16-11-9-7-8-10-12-17-22-26(28)29-23-18-13-14-19-24(2)3/h11,16,24-25,27H,4-10,12-15,17-23H2,1-3H3/b16-11-/t25-/m1/s1. The minimum atomic E-state index is -0.164. The first-order valence-corrected chi connectivity index (χ1v) is 12.5. The van der Waals surface area contributed by atoms with Crippen LogP contribution in [0.1, 0.15) is 130 Å². The van der Waals surface area contributed by atoms with Gasteiger partial charge >= 0.3 is 5.97 Å². The maximum absolute atomic E-state index is 11.7.